The minimum Gasteiger partial charge on any atom is -0.397 e. The number of hydrogen-bond acceptors (Lipinski definition) is 2. The maximum Gasteiger partial charge on any atom is 0.460 e. The van der Waals surface area contributed by atoms with Gasteiger partial charge in [-0.1, -0.05) is 113 Å². The topological polar surface area (TPSA) is 26.3 Å². The smallest absolute Gasteiger partial charge is 0.397 e. The van der Waals surface area contributed by atoms with E-state index in [0.29, 0.717) is 18.4 Å². The van der Waals surface area contributed by atoms with Crippen LogP contribution in [0.1, 0.15) is 76.7 Å². The van der Waals surface area contributed by atoms with Crippen LogP contribution >= 0.6 is 10.3 Å². The van der Waals surface area contributed by atoms with Crippen LogP contribution in [0.5, 0.6) is 0 Å². The fraction of sp³-hybridized carbons (Fsp3) is 0.548. The lowest BCUT2D eigenvalue weighted by atomic mass is 9.85. The van der Waals surface area contributed by atoms with Gasteiger partial charge in [-0.25, -0.2) is 4.79 Å². The first-order valence-corrected chi connectivity index (χ1v) is 21.5. The number of carbonyl (C=O) groups excluding carboxylic acids is 1. The molecule has 0 aliphatic rings. The molecule has 0 aliphatic carbocycles. The molecule has 0 amide bonds. The third-order valence-corrected chi connectivity index (χ3v) is 13.8. The quantitative estimate of drug-likeness (QED) is 0.0624. The van der Waals surface area contributed by atoms with Crippen LogP contribution in [0.25, 0.3) is 0 Å². The molecule has 0 atom stereocenters. The Balaban J connectivity index is 2.09. The van der Waals surface area contributed by atoms with E-state index in [2.05, 4.69) is 6.92 Å². The Kier molecular flexibility index (Phi) is 17.4. The van der Waals surface area contributed by atoms with Crippen molar-refractivity contribution in [1.82, 2.24) is 0 Å². The molecular weight excluding hydrogens is 1010 g/mol. The van der Waals surface area contributed by atoms with Gasteiger partial charge in [-0.05, 0) is 65.1 Å². The number of halogens is 23. The molecule has 0 fully saturated rings. The summed E-state index contributed by atoms with van der Waals surface area (Å²) in [6, 6.07) is 15.7. The normalized spacial score (nSPS) is 14.8. The molecule has 0 saturated carbocycles. The predicted octanol–water partition coefficient (Wildman–Crippen LogP) is 16.8. The SMILES string of the molecule is CCCCCCCCCCCCc1ccc(S(OC(=O)C(F)(F)C(F)(F)C(F)(F)C(F)(F)C(F)(F)C(F)(F)C(F)(F)C(F)(F)C(F)(F)C(F)(F)C(F)(F)F)(c2ccccc2)c2ccccc2)cc1. The van der Waals surface area contributed by atoms with Gasteiger partial charge in [0.25, 0.3) is 0 Å². The molecule has 2 nitrogen and oxygen atoms in total. The monoisotopic (exact) mass is 1040 g/mol. The predicted molar refractivity (Wildman–Crippen MR) is 199 cm³/mol. The van der Waals surface area contributed by atoms with Crippen molar-refractivity contribution in [3.63, 3.8) is 0 Å². The Morgan fingerprint density at radius 3 is 1.01 bits per heavy atom. The van der Waals surface area contributed by atoms with Crippen molar-refractivity contribution in [2.45, 2.75) is 158 Å². The third kappa shape index (κ3) is 9.81. The van der Waals surface area contributed by atoms with Crippen molar-refractivity contribution in [3.8, 4) is 0 Å². The van der Waals surface area contributed by atoms with Gasteiger partial charge in [-0.3, -0.25) is 0 Å². The number of alkyl halides is 23. The van der Waals surface area contributed by atoms with E-state index in [-0.39, 0.29) is 0 Å². The fourth-order valence-electron chi connectivity index (χ4n) is 6.49. The molecule has 0 aliphatic heterocycles. The molecule has 0 aromatic heterocycles. The number of carbonyl (C=O) groups is 1. The molecule has 0 saturated heterocycles. The van der Waals surface area contributed by atoms with E-state index in [1.54, 1.807) is 0 Å². The van der Waals surface area contributed by atoms with Gasteiger partial charge in [0, 0.05) is 14.7 Å². The Hall–Kier alpha value is -4.13. The number of rotatable bonds is 25. The molecule has 26 heteroatoms. The average Bonchev–Trinajstić information content (AvgIpc) is 3.25. The standard InChI is InChI=1S/C42H39F23O2S/c1-2-3-4-5-6-7-8-9-10-13-18-27-23-25-30(26-24-27)68(28-19-14-11-15-20-28,29-21-16-12-17-22-29)67-31(66)32(43,44)33(45,46)34(47,48)35(49,50)36(51,52)37(53,54)38(55,56)39(57,58)40(59,60)41(61,62)42(63,64)65/h11-12,14-17,19-26H,2-10,13,18H2,1H3. The van der Waals surface area contributed by atoms with E-state index < -0.39 is 96.4 Å². The lowest BCUT2D eigenvalue weighted by Crippen LogP contribution is -2.78. The van der Waals surface area contributed by atoms with Gasteiger partial charge in [0.05, 0.1) is 0 Å². The zero-order valence-electron chi connectivity index (χ0n) is 34.8. The zero-order chi connectivity index (χ0) is 52.3. The van der Waals surface area contributed by atoms with E-state index in [1.165, 1.54) is 24.3 Å². The minimum atomic E-state index is -9.56. The van der Waals surface area contributed by atoms with Crippen molar-refractivity contribution >= 4 is 16.3 Å². The van der Waals surface area contributed by atoms with Gasteiger partial charge in [-0.2, -0.15) is 101 Å². The Morgan fingerprint density at radius 2 is 0.676 bits per heavy atom. The van der Waals surface area contributed by atoms with Crippen molar-refractivity contribution in [1.29, 1.82) is 0 Å². The summed E-state index contributed by atoms with van der Waals surface area (Å²) in [5.41, 5.74) is 0.534. The van der Waals surface area contributed by atoms with Crippen LogP contribution in [0.4, 0.5) is 101 Å². The van der Waals surface area contributed by atoms with E-state index in [4.69, 9.17) is 4.18 Å². The van der Waals surface area contributed by atoms with Crippen LogP contribution in [-0.4, -0.2) is 71.4 Å². The number of benzene rings is 3. The van der Waals surface area contributed by atoms with E-state index in [1.807, 2.05) is 0 Å². The van der Waals surface area contributed by atoms with Crippen molar-refractivity contribution in [3.05, 3.63) is 90.5 Å². The first kappa shape index (κ1) is 58.2. The number of aryl methyl sites for hydroxylation is 1. The summed E-state index contributed by atoms with van der Waals surface area (Å²) in [4.78, 5) is 11.9. The van der Waals surface area contributed by atoms with Gasteiger partial charge in [0.2, 0.25) is 0 Å². The molecule has 3 aromatic rings. The van der Waals surface area contributed by atoms with Gasteiger partial charge < -0.3 is 4.18 Å². The third-order valence-electron chi connectivity index (χ3n) is 10.6. The van der Waals surface area contributed by atoms with Crippen LogP contribution in [0, 0.1) is 0 Å². The van der Waals surface area contributed by atoms with E-state index in [9.17, 15) is 88.2 Å². The minimum absolute atomic E-state index is 0.374. The largest absolute Gasteiger partial charge is 0.460 e. The van der Waals surface area contributed by atoms with Crippen LogP contribution < -0.4 is 0 Å². The first-order chi connectivity index (χ1) is 30.9. The summed E-state index contributed by atoms with van der Waals surface area (Å²) in [5.74, 6) is -94.5. The number of unbranched alkanes of at least 4 members (excludes halogenated alkanes) is 9. The highest BCUT2D eigenvalue weighted by molar-refractivity contribution is 8.30. The van der Waals surface area contributed by atoms with Gasteiger partial charge in [0.15, 0.2) is 0 Å². The molecule has 386 valence electrons. The Labute approximate surface area is 374 Å². The molecular formula is C42H39F23O2S. The highest BCUT2D eigenvalue weighted by Crippen LogP contribution is 2.71. The van der Waals surface area contributed by atoms with E-state index in [0.717, 1.165) is 118 Å². The maximum absolute atomic E-state index is 15.6. The summed E-state index contributed by atoms with van der Waals surface area (Å²) in [5, 5.41) is 0. The lowest BCUT2D eigenvalue weighted by Gasteiger charge is -2.45. The zero-order valence-corrected chi connectivity index (χ0v) is 35.6. The maximum atomic E-state index is 15.6. The van der Waals surface area contributed by atoms with Crippen LogP contribution in [0.15, 0.2) is 99.6 Å². The molecule has 0 heterocycles. The van der Waals surface area contributed by atoms with Gasteiger partial charge >= 0.3 is 71.4 Å². The van der Waals surface area contributed by atoms with E-state index >= 15 is 17.6 Å². The molecule has 68 heavy (non-hydrogen) atoms. The van der Waals surface area contributed by atoms with Crippen molar-refractivity contribution in [2.24, 2.45) is 0 Å². The first-order valence-electron chi connectivity index (χ1n) is 20.0. The second kappa shape index (κ2) is 20.3. The van der Waals surface area contributed by atoms with Crippen LogP contribution in [0.2, 0.25) is 0 Å². The van der Waals surface area contributed by atoms with Crippen LogP contribution in [0.3, 0.4) is 0 Å². The molecule has 0 radical (unpaired) electrons. The molecule has 0 unspecified atom stereocenters. The Morgan fingerprint density at radius 1 is 0.382 bits per heavy atom. The summed E-state index contributed by atoms with van der Waals surface area (Å²) >= 11 is 0. The molecule has 3 aromatic carbocycles. The summed E-state index contributed by atoms with van der Waals surface area (Å²) in [7, 11) is -4.40. The highest BCUT2D eigenvalue weighted by atomic mass is 32.3. The summed E-state index contributed by atoms with van der Waals surface area (Å²) in [6.45, 7) is 2.08. The Bertz CT molecular complexity index is 2050. The molecule has 3 rings (SSSR count). The highest BCUT2D eigenvalue weighted by Gasteiger charge is 2.99. The summed E-state index contributed by atoms with van der Waals surface area (Å²) in [6.07, 6.45) is 1.83. The lowest BCUT2D eigenvalue weighted by molar-refractivity contribution is -0.477. The summed E-state index contributed by atoms with van der Waals surface area (Å²) < 4.78 is 331. The number of hydrogen-bond donors (Lipinski definition) is 0. The van der Waals surface area contributed by atoms with Crippen LogP contribution in [-0.2, 0) is 15.4 Å². The fourth-order valence-corrected chi connectivity index (χ4v) is 9.53. The van der Waals surface area contributed by atoms with Gasteiger partial charge in [0.1, 0.15) is 0 Å². The molecule has 0 spiro atoms. The van der Waals surface area contributed by atoms with Gasteiger partial charge in [-0.15, -0.1) is 0 Å². The van der Waals surface area contributed by atoms with Crippen molar-refractivity contribution < 1.29 is 110 Å². The molecule has 0 bridgehead atoms. The van der Waals surface area contributed by atoms with Crippen molar-refractivity contribution in [2.75, 3.05) is 0 Å². The average molecular weight is 1040 g/mol. The molecule has 0 N–H and O–H groups in total. The second-order valence-electron chi connectivity index (χ2n) is 15.4. The second-order valence-corrected chi connectivity index (χ2v) is 18.1.